The molecule has 5 nitrogen and oxygen atoms in total. The van der Waals surface area contributed by atoms with Crippen LogP contribution in [-0.2, 0) is 16.0 Å². The van der Waals surface area contributed by atoms with Crippen molar-refractivity contribution in [1.29, 1.82) is 0 Å². The van der Waals surface area contributed by atoms with Crippen molar-refractivity contribution in [3.8, 4) is 5.75 Å². The van der Waals surface area contributed by atoms with E-state index < -0.39 is 17.5 Å². The molecule has 1 aromatic carbocycles. The largest absolute Gasteiger partial charge is 0.505 e. The zero-order valence-electron chi connectivity index (χ0n) is 10.5. The van der Waals surface area contributed by atoms with Gasteiger partial charge in [0.15, 0.2) is 11.6 Å². The maximum absolute atomic E-state index is 13.2. The van der Waals surface area contributed by atoms with Gasteiger partial charge >= 0.3 is 5.97 Å². The van der Waals surface area contributed by atoms with Crippen LogP contribution >= 0.6 is 0 Å². The van der Waals surface area contributed by atoms with Gasteiger partial charge < -0.3 is 15.5 Å². The molecular weight excluding hydrogens is 253 g/mol. The lowest BCUT2D eigenvalue weighted by atomic mass is 10.0. The van der Waals surface area contributed by atoms with Crippen LogP contribution in [0.15, 0.2) is 18.2 Å². The number of carbonyl (C=O) groups is 2. The Bertz CT molecular complexity index is 476. The van der Waals surface area contributed by atoms with Crippen molar-refractivity contribution in [2.75, 3.05) is 0 Å². The number of carboxylic acids is 1. The van der Waals surface area contributed by atoms with Gasteiger partial charge in [-0.2, -0.15) is 0 Å². The van der Waals surface area contributed by atoms with Gasteiger partial charge in [0.1, 0.15) is 0 Å². The number of phenols is 1. The van der Waals surface area contributed by atoms with E-state index in [1.54, 1.807) is 0 Å². The number of aromatic hydroxyl groups is 1. The number of phenolic OH excluding ortho intramolecular Hbond substituents is 1. The first-order valence-electron chi connectivity index (χ1n) is 5.84. The molecule has 0 aliphatic heterocycles. The minimum atomic E-state index is -0.952. The zero-order valence-corrected chi connectivity index (χ0v) is 10.5. The summed E-state index contributed by atoms with van der Waals surface area (Å²) < 4.78 is 13.2. The van der Waals surface area contributed by atoms with Gasteiger partial charge in [-0.15, -0.1) is 0 Å². The molecule has 0 radical (unpaired) electrons. The number of hydrogen-bond acceptors (Lipinski definition) is 3. The highest BCUT2D eigenvalue weighted by Gasteiger charge is 2.14. The highest BCUT2D eigenvalue weighted by molar-refractivity contribution is 5.73. The molecule has 0 fully saturated rings. The maximum atomic E-state index is 13.2. The third-order valence-corrected chi connectivity index (χ3v) is 2.61. The number of hydrogen-bond donors (Lipinski definition) is 3. The lowest BCUT2D eigenvalue weighted by molar-refractivity contribution is -0.137. The van der Waals surface area contributed by atoms with Crippen molar-refractivity contribution in [3.63, 3.8) is 0 Å². The minimum absolute atomic E-state index is 0.0779. The third-order valence-electron chi connectivity index (χ3n) is 2.61. The molecule has 0 spiro atoms. The van der Waals surface area contributed by atoms with Crippen LogP contribution < -0.4 is 5.32 Å². The molecule has 0 saturated carbocycles. The van der Waals surface area contributed by atoms with Crippen LogP contribution in [0, 0.1) is 5.82 Å². The number of aliphatic carboxylic acids is 1. The number of amides is 1. The normalized spacial score (nSPS) is 11.9. The van der Waals surface area contributed by atoms with Crippen LogP contribution in [0.3, 0.4) is 0 Å². The second-order valence-electron chi connectivity index (χ2n) is 4.32. The minimum Gasteiger partial charge on any atom is -0.505 e. The Kier molecular flexibility index (Phi) is 5.29. The monoisotopic (exact) mass is 269 g/mol. The number of carbonyl (C=O) groups excluding carboxylic acids is 1. The molecule has 0 aliphatic rings. The summed E-state index contributed by atoms with van der Waals surface area (Å²) >= 11 is 0. The molecule has 1 aromatic rings. The summed E-state index contributed by atoms with van der Waals surface area (Å²) in [4.78, 5) is 21.6. The predicted molar refractivity (Wildman–Crippen MR) is 66.2 cm³/mol. The Hall–Kier alpha value is -2.11. The van der Waals surface area contributed by atoms with Crippen LogP contribution in [0.5, 0.6) is 5.75 Å². The fourth-order valence-electron chi connectivity index (χ4n) is 1.77. The average Bonchev–Trinajstić information content (AvgIpc) is 2.30. The van der Waals surface area contributed by atoms with Gasteiger partial charge in [-0.25, -0.2) is 4.39 Å². The molecule has 0 bridgehead atoms. The van der Waals surface area contributed by atoms with E-state index in [4.69, 9.17) is 10.2 Å². The molecule has 1 amide bonds. The molecule has 1 unspecified atom stereocenters. The smallest absolute Gasteiger partial charge is 0.303 e. The first kappa shape index (κ1) is 14.9. The Morgan fingerprint density at radius 1 is 1.42 bits per heavy atom. The lowest BCUT2D eigenvalue weighted by Crippen LogP contribution is -2.35. The maximum Gasteiger partial charge on any atom is 0.303 e. The average molecular weight is 269 g/mol. The van der Waals surface area contributed by atoms with Gasteiger partial charge in [-0.05, 0) is 30.5 Å². The second kappa shape index (κ2) is 6.72. The fraction of sp³-hybridized carbons (Fsp3) is 0.385. The molecular formula is C13H16FNO4. The summed E-state index contributed by atoms with van der Waals surface area (Å²) in [6.07, 6.45) is 0.493. The Balaban J connectivity index is 2.71. The van der Waals surface area contributed by atoms with Crippen molar-refractivity contribution >= 4 is 11.9 Å². The van der Waals surface area contributed by atoms with Crippen molar-refractivity contribution in [2.45, 2.75) is 32.2 Å². The number of nitrogens with one attached hydrogen (secondary N) is 1. The van der Waals surface area contributed by atoms with Crippen LogP contribution in [0.2, 0.25) is 0 Å². The summed E-state index contributed by atoms with van der Waals surface area (Å²) in [5, 5.41) is 20.3. The second-order valence-corrected chi connectivity index (χ2v) is 4.32. The summed E-state index contributed by atoms with van der Waals surface area (Å²) in [7, 11) is 0. The van der Waals surface area contributed by atoms with E-state index in [0.717, 1.165) is 0 Å². The van der Waals surface area contributed by atoms with Crippen molar-refractivity contribution in [3.05, 3.63) is 29.6 Å². The molecule has 19 heavy (non-hydrogen) atoms. The van der Waals surface area contributed by atoms with Crippen LogP contribution in [-0.4, -0.2) is 28.1 Å². The van der Waals surface area contributed by atoms with E-state index >= 15 is 0 Å². The Morgan fingerprint density at radius 2 is 2.11 bits per heavy atom. The first-order valence-corrected chi connectivity index (χ1v) is 5.84. The van der Waals surface area contributed by atoms with E-state index in [1.807, 2.05) is 0 Å². The molecule has 0 saturated heterocycles. The zero-order chi connectivity index (χ0) is 14.4. The molecule has 0 heterocycles. The Labute approximate surface area is 110 Å². The molecule has 3 N–H and O–H groups in total. The van der Waals surface area contributed by atoms with Gasteiger partial charge in [0.25, 0.3) is 0 Å². The van der Waals surface area contributed by atoms with Gasteiger partial charge in [0.05, 0.1) is 0 Å². The quantitative estimate of drug-likeness (QED) is 0.729. The van der Waals surface area contributed by atoms with Crippen molar-refractivity contribution < 1.29 is 24.2 Å². The summed E-state index contributed by atoms with van der Waals surface area (Å²) in [6.45, 7) is 1.34. The summed E-state index contributed by atoms with van der Waals surface area (Å²) in [6, 6.07) is 3.56. The molecule has 104 valence electrons. The SMILES string of the molecule is CC(=O)NC(CCC(=O)O)Cc1ccc(O)c(F)c1. The fourth-order valence-corrected chi connectivity index (χ4v) is 1.77. The van der Waals surface area contributed by atoms with E-state index in [-0.39, 0.29) is 24.8 Å². The predicted octanol–water partition coefficient (Wildman–Crippen LogP) is 1.44. The highest BCUT2D eigenvalue weighted by Crippen LogP contribution is 2.18. The number of carboxylic acid groups (broad SMARTS) is 1. The van der Waals surface area contributed by atoms with Gasteiger partial charge in [0, 0.05) is 19.4 Å². The Morgan fingerprint density at radius 3 is 2.63 bits per heavy atom. The molecule has 1 atom stereocenters. The van der Waals surface area contributed by atoms with E-state index in [1.165, 1.54) is 25.1 Å². The van der Waals surface area contributed by atoms with Crippen LogP contribution in [0.25, 0.3) is 0 Å². The van der Waals surface area contributed by atoms with Gasteiger partial charge in [0.2, 0.25) is 5.91 Å². The van der Waals surface area contributed by atoms with Crippen molar-refractivity contribution in [1.82, 2.24) is 5.32 Å². The topological polar surface area (TPSA) is 86.6 Å². The highest BCUT2D eigenvalue weighted by atomic mass is 19.1. The molecule has 6 heteroatoms. The van der Waals surface area contributed by atoms with Gasteiger partial charge in [-0.1, -0.05) is 6.07 Å². The number of halogens is 1. The molecule has 1 rings (SSSR count). The van der Waals surface area contributed by atoms with Gasteiger partial charge in [-0.3, -0.25) is 9.59 Å². The van der Waals surface area contributed by atoms with E-state index in [2.05, 4.69) is 5.32 Å². The molecule has 0 aromatic heterocycles. The first-order chi connectivity index (χ1) is 8.88. The van der Waals surface area contributed by atoms with Crippen molar-refractivity contribution in [2.24, 2.45) is 0 Å². The third kappa shape index (κ3) is 5.37. The van der Waals surface area contributed by atoms with E-state index in [0.29, 0.717) is 12.0 Å². The number of benzene rings is 1. The summed E-state index contributed by atoms with van der Waals surface area (Å²) in [5.41, 5.74) is 0.583. The number of rotatable bonds is 6. The van der Waals surface area contributed by atoms with Crippen LogP contribution in [0.1, 0.15) is 25.3 Å². The van der Waals surface area contributed by atoms with Crippen LogP contribution in [0.4, 0.5) is 4.39 Å². The van der Waals surface area contributed by atoms with E-state index in [9.17, 15) is 14.0 Å². The summed E-state index contributed by atoms with van der Waals surface area (Å²) in [5.74, 6) is -2.40. The molecule has 0 aliphatic carbocycles. The standard InChI is InChI=1S/C13H16FNO4/c1-8(16)15-10(3-5-13(18)19)6-9-2-4-12(17)11(14)7-9/h2,4,7,10,17H,3,5-6H2,1H3,(H,15,16)(H,18,19). The lowest BCUT2D eigenvalue weighted by Gasteiger charge is -2.17.